The molecule has 0 amide bonds. The molecule has 1 unspecified atom stereocenters. The summed E-state index contributed by atoms with van der Waals surface area (Å²) in [6.07, 6.45) is 1.75. The third-order valence-corrected chi connectivity index (χ3v) is 4.79. The summed E-state index contributed by atoms with van der Waals surface area (Å²) in [7, 11) is 0. The average Bonchev–Trinajstić information content (AvgIpc) is 2.77. The number of halogens is 3. The van der Waals surface area contributed by atoms with Crippen LogP contribution in [-0.4, -0.2) is 4.98 Å². The fourth-order valence-electron chi connectivity index (χ4n) is 2.41. The van der Waals surface area contributed by atoms with E-state index in [-0.39, 0.29) is 5.92 Å². The molecule has 0 saturated heterocycles. The molecule has 1 aromatic heterocycles. The van der Waals surface area contributed by atoms with Gasteiger partial charge in [0.25, 0.3) is 0 Å². The number of hydrogen-bond donors (Lipinski definition) is 1. The smallest absolute Gasteiger partial charge is 0.180 e. The lowest BCUT2D eigenvalue weighted by Crippen LogP contribution is -1.98. The van der Waals surface area contributed by atoms with E-state index in [1.165, 1.54) is 23.5 Å². The maximum atomic E-state index is 13.2. The van der Waals surface area contributed by atoms with Gasteiger partial charge in [0.15, 0.2) is 5.13 Å². The molecule has 1 heterocycles. The summed E-state index contributed by atoms with van der Waals surface area (Å²) < 4.78 is 13.2. The van der Waals surface area contributed by atoms with Crippen molar-refractivity contribution < 1.29 is 4.39 Å². The summed E-state index contributed by atoms with van der Waals surface area (Å²) in [6, 6.07) is 2.59. The minimum atomic E-state index is -0.421. The first-order valence-corrected chi connectivity index (χ1v) is 7.03. The molecule has 2 N–H and O–H groups in total. The van der Waals surface area contributed by atoms with Gasteiger partial charge in [-0.05, 0) is 30.5 Å². The van der Waals surface area contributed by atoms with E-state index in [1.54, 1.807) is 0 Å². The Balaban J connectivity index is 2.12. The summed E-state index contributed by atoms with van der Waals surface area (Å²) in [5.41, 5.74) is 7.50. The third-order valence-electron chi connectivity index (χ3n) is 3.12. The monoisotopic (exact) mass is 302 g/mol. The van der Waals surface area contributed by atoms with E-state index in [0.717, 1.165) is 29.0 Å². The number of nitrogens with zero attached hydrogens (tertiary/aromatic N) is 1. The lowest BCUT2D eigenvalue weighted by Gasteiger charge is -2.14. The van der Waals surface area contributed by atoms with E-state index in [2.05, 4.69) is 4.98 Å². The van der Waals surface area contributed by atoms with Crippen LogP contribution in [-0.2, 0) is 6.42 Å². The number of hydrogen-bond acceptors (Lipinski definition) is 3. The summed E-state index contributed by atoms with van der Waals surface area (Å²) in [5, 5.41) is 1.29. The number of thiazole rings is 1. The molecule has 2 nitrogen and oxygen atoms in total. The van der Waals surface area contributed by atoms with Crippen molar-refractivity contribution in [2.75, 3.05) is 5.73 Å². The zero-order valence-electron chi connectivity index (χ0n) is 9.21. The molecule has 0 aliphatic heterocycles. The van der Waals surface area contributed by atoms with E-state index >= 15 is 0 Å². The van der Waals surface area contributed by atoms with Gasteiger partial charge in [-0.15, -0.1) is 11.3 Å². The van der Waals surface area contributed by atoms with Crippen LogP contribution in [0.15, 0.2) is 12.1 Å². The lowest BCUT2D eigenvalue weighted by atomic mass is 9.98. The van der Waals surface area contributed by atoms with Crippen molar-refractivity contribution in [2.24, 2.45) is 0 Å². The van der Waals surface area contributed by atoms with Gasteiger partial charge < -0.3 is 5.73 Å². The second-order valence-electron chi connectivity index (χ2n) is 4.24. The quantitative estimate of drug-likeness (QED) is 0.855. The van der Waals surface area contributed by atoms with Gasteiger partial charge in [0.05, 0.1) is 5.69 Å². The van der Waals surface area contributed by atoms with Gasteiger partial charge >= 0.3 is 0 Å². The zero-order chi connectivity index (χ0) is 12.9. The van der Waals surface area contributed by atoms with Crippen LogP contribution in [0.1, 0.15) is 28.5 Å². The van der Waals surface area contributed by atoms with Gasteiger partial charge in [-0.3, -0.25) is 0 Å². The van der Waals surface area contributed by atoms with Gasteiger partial charge in [0.1, 0.15) is 5.82 Å². The van der Waals surface area contributed by atoms with Crippen LogP contribution >= 0.6 is 34.5 Å². The van der Waals surface area contributed by atoms with Crippen LogP contribution in [0, 0.1) is 5.82 Å². The molecule has 18 heavy (non-hydrogen) atoms. The summed E-state index contributed by atoms with van der Waals surface area (Å²) >= 11 is 13.7. The predicted octanol–water partition coefficient (Wildman–Crippen LogP) is 4.25. The average molecular weight is 303 g/mol. The van der Waals surface area contributed by atoms with Gasteiger partial charge in [-0.1, -0.05) is 23.2 Å². The number of aromatic nitrogens is 1. The first-order valence-electron chi connectivity index (χ1n) is 5.45. The molecular weight excluding hydrogens is 294 g/mol. The Kier molecular flexibility index (Phi) is 2.96. The predicted molar refractivity (Wildman–Crippen MR) is 73.1 cm³/mol. The highest BCUT2D eigenvalue weighted by molar-refractivity contribution is 7.15. The molecule has 0 fully saturated rings. The molecule has 1 atom stereocenters. The molecule has 94 valence electrons. The molecule has 3 rings (SSSR count). The first-order chi connectivity index (χ1) is 8.56. The summed E-state index contributed by atoms with van der Waals surface area (Å²) in [4.78, 5) is 5.38. The molecule has 2 aromatic rings. The Morgan fingerprint density at radius 2 is 2.00 bits per heavy atom. The van der Waals surface area contributed by atoms with Crippen molar-refractivity contribution in [3.63, 3.8) is 0 Å². The highest BCUT2D eigenvalue weighted by Gasteiger charge is 2.31. The number of aryl methyl sites for hydroxylation is 1. The maximum absolute atomic E-state index is 13.2. The van der Waals surface area contributed by atoms with Crippen molar-refractivity contribution >= 4 is 39.7 Å². The fourth-order valence-corrected chi connectivity index (χ4v) is 4.16. The molecule has 0 saturated carbocycles. The van der Waals surface area contributed by atoms with Gasteiger partial charge in [0.2, 0.25) is 0 Å². The normalized spacial score (nSPS) is 18.1. The third kappa shape index (κ3) is 1.88. The Labute approximate surface area is 118 Å². The second kappa shape index (κ2) is 4.37. The summed E-state index contributed by atoms with van der Waals surface area (Å²) in [6.45, 7) is 0. The number of fused-ring (bicyclic) bond motifs is 1. The fraction of sp³-hybridized carbons (Fsp3) is 0.250. The van der Waals surface area contributed by atoms with E-state index in [4.69, 9.17) is 28.9 Å². The Morgan fingerprint density at radius 3 is 2.67 bits per heavy atom. The molecule has 1 aromatic carbocycles. The van der Waals surface area contributed by atoms with Crippen molar-refractivity contribution in [1.82, 2.24) is 4.98 Å². The highest BCUT2D eigenvalue weighted by Crippen LogP contribution is 2.46. The van der Waals surface area contributed by atoms with Crippen LogP contribution in [0.4, 0.5) is 9.52 Å². The molecule has 6 heteroatoms. The molecule has 1 aliphatic carbocycles. The van der Waals surface area contributed by atoms with Crippen LogP contribution in [0.3, 0.4) is 0 Å². The first kappa shape index (κ1) is 12.2. The van der Waals surface area contributed by atoms with Crippen LogP contribution in [0.25, 0.3) is 0 Å². The topological polar surface area (TPSA) is 38.9 Å². The van der Waals surface area contributed by atoms with Crippen LogP contribution < -0.4 is 5.73 Å². The molecular formula is C12H9Cl2FN2S. The number of rotatable bonds is 1. The number of anilines is 1. The minimum absolute atomic E-state index is 0.0791. The van der Waals surface area contributed by atoms with Crippen molar-refractivity contribution in [1.29, 1.82) is 0 Å². The molecule has 0 radical (unpaired) electrons. The lowest BCUT2D eigenvalue weighted by molar-refractivity contribution is 0.626. The summed E-state index contributed by atoms with van der Waals surface area (Å²) in [5.74, 6) is -0.341. The highest BCUT2D eigenvalue weighted by atomic mass is 35.5. The Hall–Kier alpha value is -0.840. The van der Waals surface area contributed by atoms with Crippen LogP contribution in [0.2, 0.25) is 10.0 Å². The van der Waals surface area contributed by atoms with E-state index in [1.807, 2.05) is 0 Å². The number of benzene rings is 1. The van der Waals surface area contributed by atoms with E-state index < -0.39 is 5.82 Å². The number of nitrogens with two attached hydrogens (primary N) is 1. The molecule has 1 aliphatic rings. The van der Waals surface area contributed by atoms with E-state index in [0.29, 0.717) is 15.2 Å². The van der Waals surface area contributed by atoms with Crippen molar-refractivity contribution in [2.45, 2.75) is 18.8 Å². The minimum Gasteiger partial charge on any atom is -0.375 e. The molecule has 0 bridgehead atoms. The van der Waals surface area contributed by atoms with Crippen LogP contribution in [0.5, 0.6) is 0 Å². The Bertz CT molecular complexity index is 604. The van der Waals surface area contributed by atoms with Crippen molar-refractivity contribution in [3.05, 3.63) is 44.1 Å². The largest absolute Gasteiger partial charge is 0.375 e. The Morgan fingerprint density at radius 1 is 1.33 bits per heavy atom. The standard InChI is InChI=1S/C12H9Cl2FN2S/c13-7-3-5(15)4-8(14)10(7)6-1-2-9-11(6)18-12(16)17-9/h3-4,6H,1-2H2,(H2,16,17). The molecule has 0 spiro atoms. The van der Waals surface area contributed by atoms with Crippen molar-refractivity contribution in [3.8, 4) is 0 Å². The van der Waals surface area contributed by atoms with E-state index in [9.17, 15) is 4.39 Å². The van der Waals surface area contributed by atoms with Gasteiger partial charge in [-0.2, -0.15) is 0 Å². The zero-order valence-corrected chi connectivity index (χ0v) is 11.5. The van der Waals surface area contributed by atoms with Gasteiger partial charge in [0, 0.05) is 20.8 Å². The van der Waals surface area contributed by atoms with Gasteiger partial charge in [-0.25, -0.2) is 9.37 Å². The second-order valence-corrected chi connectivity index (χ2v) is 6.11. The maximum Gasteiger partial charge on any atom is 0.180 e. The SMILES string of the molecule is Nc1nc2c(s1)C(c1c(Cl)cc(F)cc1Cl)CC2. The number of nitrogen functional groups attached to an aromatic ring is 1.